The average molecular weight is 548 g/mol. The van der Waals surface area contributed by atoms with Gasteiger partial charge in [-0.2, -0.15) is 0 Å². The minimum atomic E-state index is -1.18. The van der Waals surface area contributed by atoms with Crippen molar-refractivity contribution in [3.63, 3.8) is 0 Å². The van der Waals surface area contributed by atoms with Crippen molar-refractivity contribution in [1.82, 2.24) is 24.5 Å². The molecule has 11 heteroatoms. The second kappa shape index (κ2) is 10.6. The average Bonchev–Trinajstić information content (AvgIpc) is 2.91. The monoisotopic (exact) mass is 547 g/mol. The predicted molar refractivity (Wildman–Crippen MR) is 151 cm³/mol. The third-order valence-electron chi connectivity index (χ3n) is 7.22. The predicted octanol–water partition coefficient (Wildman–Crippen LogP) is 4.64. The molecule has 1 aromatic carbocycles. The van der Waals surface area contributed by atoms with Gasteiger partial charge >= 0.3 is 5.97 Å². The fraction of sp³-hybridized carbons (Fsp3) is 0.357. The first kappa shape index (κ1) is 26.6. The van der Waals surface area contributed by atoms with Crippen LogP contribution in [-0.2, 0) is 7.05 Å². The zero-order valence-corrected chi connectivity index (χ0v) is 23.0. The summed E-state index contributed by atoms with van der Waals surface area (Å²) in [7, 11) is 1.78. The highest BCUT2D eigenvalue weighted by Crippen LogP contribution is 2.32. The van der Waals surface area contributed by atoms with Crippen LogP contribution in [0.1, 0.15) is 64.9 Å². The van der Waals surface area contributed by atoms with Gasteiger partial charge in [0.25, 0.3) is 5.56 Å². The van der Waals surface area contributed by atoms with E-state index in [1.54, 1.807) is 23.9 Å². The number of hydrogen-bond acceptors (Lipinski definition) is 8. The number of nitrogens with one attached hydrogen (secondary N) is 1. The van der Waals surface area contributed by atoms with Gasteiger partial charge in [0.15, 0.2) is 5.69 Å². The molecule has 3 aromatic heterocycles. The summed E-state index contributed by atoms with van der Waals surface area (Å²) in [6.45, 7) is 7.32. The van der Waals surface area contributed by atoms with Crippen molar-refractivity contribution in [3.05, 3.63) is 80.4 Å². The number of aromatic nitrogens is 5. The van der Waals surface area contributed by atoms with Crippen LogP contribution in [0.2, 0.25) is 5.15 Å². The highest BCUT2D eigenvalue weighted by Gasteiger charge is 2.27. The van der Waals surface area contributed by atoms with Crippen LogP contribution in [-0.4, -0.2) is 48.7 Å². The number of aromatic carboxylic acids is 1. The summed E-state index contributed by atoms with van der Waals surface area (Å²) in [5.74, 6) is 0.389. The molecule has 39 heavy (non-hydrogen) atoms. The molecular formula is C28H30ClN7O3. The standard InChI is InChI=1S/C28H30ClN7O3/c1-15-13-19(17(3)32-21-5-6-22(29)33-24(21)27(38)39)23-20(14-15)26(37)35(4)25(34-23)18-8-11-36(12-9-18)28-30-10-7-16(2)31-28/h5-7,10,13-14,17-18,32H,8-9,11-12H2,1-4H3,(H,38,39)/t17-/m1/s1. The molecule has 0 saturated carbocycles. The quantitative estimate of drug-likeness (QED) is 0.332. The molecule has 0 radical (unpaired) electrons. The number of carbonyl (C=O) groups is 1. The summed E-state index contributed by atoms with van der Waals surface area (Å²) in [5, 5.41) is 13.5. The molecule has 1 aliphatic rings. The van der Waals surface area contributed by atoms with Crippen LogP contribution in [0.15, 0.2) is 41.3 Å². The maximum absolute atomic E-state index is 13.6. The lowest BCUT2D eigenvalue weighted by Crippen LogP contribution is -2.36. The Morgan fingerprint density at radius 2 is 1.87 bits per heavy atom. The number of benzene rings is 1. The SMILES string of the molecule is Cc1cc([C@@H](C)Nc2ccc(Cl)nc2C(=O)O)c2nc(C3CCN(c4nccc(C)n4)CC3)n(C)c(=O)c2c1. The fourth-order valence-electron chi connectivity index (χ4n) is 5.22. The van der Waals surface area contributed by atoms with Gasteiger partial charge in [-0.05, 0) is 63.4 Å². The molecule has 0 unspecified atom stereocenters. The van der Waals surface area contributed by atoms with Crippen LogP contribution in [0.5, 0.6) is 0 Å². The lowest BCUT2D eigenvalue weighted by molar-refractivity contribution is 0.0691. The molecule has 1 fully saturated rings. The van der Waals surface area contributed by atoms with Crippen molar-refractivity contribution in [3.8, 4) is 0 Å². The van der Waals surface area contributed by atoms with Crippen molar-refractivity contribution in [1.29, 1.82) is 0 Å². The van der Waals surface area contributed by atoms with Crippen LogP contribution in [0, 0.1) is 13.8 Å². The molecule has 1 saturated heterocycles. The third-order valence-corrected chi connectivity index (χ3v) is 7.43. The van der Waals surface area contributed by atoms with E-state index in [2.05, 4.69) is 25.2 Å². The van der Waals surface area contributed by atoms with E-state index in [-0.39, 0.29) is 28.4 Å². The van der Waals surface area contributed by atoms with Crippen molar-refractivity contribution >= 4 is 40.1 Å². The Labute approximate surface area is 230 Å². The Morgan fingerprint density at radius 1 is 1.13 bits per heavy atom. The van der Waals surface area contributed by atoms with E-state index in [4.69, 9.17) is 16.6 Å². The normalized spacial score (nSPS) is 14.9. The van der Waals surface area contributed by atoms with E-state index < -0.39 is 5.97 Å². The van der Waals surface area contributed by atoms with Gasteiger partial charge in [0.05, 0.1) is 22.6 Å². The minimum Gasteiger partial charge on any atom is -0.476 e. The Kier molecular flexibility index (Phi) is 7.22. The summed E-state index contributed by atoms with van der Waals surface area (Å²) >= 11 is 5.93. The van der Waals surface area contributed by atoms with E-state index in [1.165, 1.54) is 6.07 Å². The van der Waals surface area contributed by atoms with E-state index in [9.17, 15) is 14.7 Å². The van der Waals surface area contributed by atoms with Crippen molar-refractivity contribution in [2.75, 3.05) is 23.3 Å². The van der Waals surface area contributed by atoms with Crippen LogP contribution in [0.4, 0.5) is 11.6 Å². The highest BCUT2D eigenvalue weighted by molar-refractivity contribution is 6.29. The number of fused-ring (bicyclic) bond motifs is 1. The number of nitrogens with zero attached hydrogens (tertiary/aromatic N) is 6. The maximum Gasteiger partial charge on any atom is 0.356 e. The van der Waals surface area contributed by atoms with Crippen LogP contribution in [0.3, 0.4) is 0 Å². The van der Waals surface area contributed by atoms with Crippen molar-refractivity contribution in [2.45, 2.75) is 45.6 Å². The molecule has 202 valence electrons. The molecule has 1 aliphatic heterocycles. The van der Waals surface area contributed by atoms with Crippen LogP contribution >= 0.6 is 11.6 Å². The molecule has 0 amide bonds. The molecule has 4 heterocycles. The van der Waals surface area contributed by atoms with Gasteiger partial charge in [-0.25, -0.2) is 24.7 Å². The Hall–Kier alpha value is -4.05. The first-order valence-corrected chi connectivity index (χ1v) is 13.2. The van der Waals surface area contributed by atoms with Gasteiger partial charge in [-0.15, -0.1) is 0 Å². The second-order valence-corrected chi connectivity index (χ2v) is 10.4. The van der Waals surface area contributed by atoms with E-state index in [0.29, 0.717) is 16.6 Å². The molecule has 2 N–H and O–H groups in total. The molecule has 0 spiro atoms. The first-order chi connectivity index (χ1) is 18.6. The Balaban J connectivity index is 1.49. The summed E-state index contributed by atoms with van der Waals surface area (Å²) in [6.07, 6.45) is 3.41. The topological polar surface area (TPSA) is 126 Å². The smallest absolute Gasteiger partial charge is 0.356 e. The van der Waals surface area contributed by atoms with Crippen molar-refractivity contribution in [2.24, 2.45) is 7.05 Å². The Bertz CT molecular complexity index is 1630. The molecular weight excluding hydrogens is 518 g/mol. The largest absolute Gasteiger partial charge is 0.476 e. The zero-order valence-electron chi connectivity index (χ0n) is 22.3. The van der Waals surface area contributed by atoms with Crippen LogP contribution < -0.4 is 15.8 Å². The number of rotatable bonds is 6. The number of carboxylic acids is 1. The molecule has 1 atom stereocenters. The van der Waals surface area contributed by atoms with Gasteiger partial charge in [-0.3, -0.25) is 9.36 Å². The maximum atomic E-state index is 13.6. The molecule has 4 aromatic rings. The molecule has 5 rings (SSSR count). The molecule has 10 nitrogen and oxygen atoms in total. The number of carboxylic acid groups (broad SMARTS) is 1. The van der Waals surface area contributed by atoms with E-state index >= 15 is 0 Å². The summed E-state index contributed by atoms with van der Waals surface area (Å²) in [6, 6.07) is 8.49. The molecule has 0 bridgehead atoms. The second-order valence-electron chi connectivity index (χ2n) is 10.0. The van der Waals surface area contributed by atoms with Gasteiger partial charge in [0, 0.05) is 43.5 Å². The lowest BCUT2D eigenvalue weighted by atomic mass is 9.94. The molecule has 0 aliphatic carbocycles. The van der Waals surface area contributed by atoms with Gasteiger partial charge in [0.1, 0.15) is 11.0 Å². The van der Waals surface area contributed by atoms with E-state index in [1.807, 2.05) is 39.0 Å². The van der Waals surface area contributed by atoms with Gasteiger partial charge in [0.2, 0.25) is 5.95 Å². The number of anilines is 2. The third kappa shape index (κ3) is 5.29. The number of aryl methyl sites for hydroxylation is 2. The summed E-state index contributed by atoms with van der Waals surface area (Å²) < 4.78 is 1.67. The van der Waals surface area contributed by atoms with Crippen molar-refractivity contribution < 1.29 is 9.90 Å². The number of halogens is 1. The first-order valence-electron chi connectivity index (χ1n) is 12.8. The van der Waals surface area contributed by atoms with Gasteiger partial charge < -0.3 is 15.3 Å². The van der Waals surface area contributed by atoms with Crippen LogP contribution in [0.25, 0.3) is 10.9 Å². The summed E-state index contributed by atoms with van der Waals surface area (Å²) in [5.41, 5.74) is 3.33. The number of pyridine rings is 1. The minimum absolute atomic E-state index is 0.0985. The van der Waals surface area contributed by atoms with Gasteiger partial charge in [-0.1, -0.05) is 17.7 Å². The summed E-state index contributed by atoms with van der Waals surface area (Å²) in [4.78, 5) is 45.5. The van der Waals surface area contributed by atoms with E-state index in [0.717, 1.165) is 54.5 Å². The fourth-order valence-corrected chi connectivity index (χ4v) is 5.36. The Morgan fingerprint density at radius 3 is 2.56 bits per heavy atom. The highest BCUT2D eigenvalue weighted by atomic mass is 35.5. The lowest BCUT2D eigenvalue weighted by Gasteiger charge is -2.32. The number of piperidine rings is 1. The zero-order chi connectivity index (χ0) is 27.8. The number of hydrogen-bond donors (Lipinski definition) is 2.